The second-order valence-corrected chi connectivity index (χ2v) is 5.65. The Morgan fingerprint density at radius 3 is 2.14 bits per heavy atom. The summed E-state index contributed by atoms with van der Waals surface area (Å²) in [7, 11) is 0. The number of para-hydroxylation sites is 1. The van der Waals surface area contributed by atoms with Crippen LogP contribution in [-0.4, -0.2) is 26.2 Å². The third kappa shape index (κ3) is 2.85. The van der Waals surface area contributed by atoms with Gasteiger partial charge in [0.25, 0.3) is 0 Å². The topological polar surface area (TPSA) is 58.5 Å². The lowest BCUT2D eigenvalue weighted by Gasteiger charge is -2.37. The quantitative estimate of drug-likeness (QED) is 0.838. The van der Waals surface area contributed by atoms with Gasteiger partial charge >= 0.3 is 0 Å². The van der Waals surface area contributed by atoms with Gasteiger partial charge in [-0.25, -0.2) is 0 Å². The Bertz CT molecular complexity index is 636. The van der Waals surface area contributed by atoms with Crippen LogP contribution in [0.2, 0.25) is 5.02 Å². The maximum atomic E-state index is 6.26. The van der Waals surface area contributed by atoms with Crippen molar-refractivity contribution in [1.29, 1.82) is 0 Å². The fraction of sp³-hybridized carbons (Fsp3) is 0.250. The minimum Gasteiger partial charge on any atom is -0.397 e. The Kier molecular flexibility index (Phi) is 3.80. The van der Waals surface area contributed by atoms with Crippen molar-refractivity contribution in [1.82, 2.24) is 0 Å². The molecule has 0 spiro atoms. The highest BCUT2D eigenvalue weighted by Gasteiger charge is 2.19. The minimum atomic E-state index is 0.633. The van der Waals surface area contributed by atoms with E-state index in [1.165, 1.54) is 0 Å². The SMILES string of the molecule is Nc1ccc(N2CCN(c3ccccc3Cl)CC2)cc1N. The van der Waals surface area contributed by atoms with Crippen molar-refractivity contribution in [3.63, 3.8) is 0 Å². The molecule has 4 nitrogen and oxygen atoms in total. The molecule has 1 aliphatic rings. The molecule has 2 aromatic carbocycles. The number of nitrogen functional groups attached to an aromatic ring is 2. The highest BCUT2D eigenvalue weighted by molar-refractivity contribution is 6.33. The van der Waals surface area contributed by atoms with Gasteiger partial charge in [0.15, 0.2) is 0 Å². The van der Waals surface area contributed by atoms with Crippen molar-refractivity contribution < 1.29 is 0 Å². The molecule has 4 N–H and O–H groups in total. The zero-order chi connectivity index (χ0) is 14.8. The Morgan fingerprint density at radius 1 is 0.810 bits per heavy atom. The van der Waals surface area contributed by atoms with Gasteiger partial charge in [-0.2, -0.15) is 0 Å². The fourth-order valence-electron chi connectivity index (χ4n) is 2.67. The maximum Gasteiger partial charge on any atom is 0.0639 e. The second kappa shape index (κ2) is 5.74. The first-order valence-corrected chi connectivity index (χ1v) is 7.42. The first kappa shape index (κ1) is 13.9. The molecule has 1 heterocycles. The molecule has 21 heavy (non-hydrogen) atoms. The Balaban J connectivity index is 1.70. The summed E-state index contributed by atoms with van der Waals surface area (Å²) in [5.41, 5.74) is 15.2. The number of nitrogens with two attached hydrogens (primary N) is 2. The second-order valence-electron chi connectivity index (χ2n) is 5.24. The lowest BCUT2D eigenvalue weighted by atomic mass is 10.2. The first-order chi connectivity index (χ1) is 10.1. The standard InChI is InChI=1S/C16H19ClN4/c17-13-3-1-2-4-16(13)21-9-7-20(8-10-21)12-5-6-14(18)15(19)11-12/h1-6,11H,7-10,18-19H2. The number of benzene rings is 2. The van der Waals surface area contributed by atoms with E-state index in [1.807, 2.05) is 36.4 Å². The van der Waals surface area contributed by atoms with Gasteiger partial charge in [0.1, 0.15) is 0 Å². The van der Waals surface area contributed by atoms with Gasteiger partial charge in [-0.1, -0.05) is 23.7 Å². The van der Waals surface area contributed by atoms with Gasteiger partial charge in [0, 0.05) is 31.9 Å². The maximum absolute atomic E-state index is 6.26. The zero-order valence-electron chi connectivity index (χ0n) is 11.8. The van der Waals surface area contributed by atoms with Crippen LogP contribution in [0.3, 0.4) is 0 Å². The van der Waals surface area contributed by atoms with Crippen molar-refractivity contribution in [2.45, 2.75) is 0 Å². The molecule has 2 aromatic rings. The average Bonchev–Trinajstić information content (AvgIpc) is 2.51. The first-order valence-electron chi connectivity index (χ1n) is 7.04. The summed E-state index contributed by atoms with van der Waals surface area (Å²) >= 11 is 6.26. The van der Waals surface area contributed by atoms with E-state index in [-0.39, 0.29) is 0 Å². The van der Waals surface area contributed by atoms with Gasteiger partial charge in [0.05, 0.1) is 22.1 Å². The van der Waals surface area contributed by atoms with Crippen molar-refractivity contribution in [2.75, 3.05) is 47.4 Å². The van der Waals surface area contributed by atoms with E-state index in [0.717, 1.165) is 42.6 Å². The van der Waals surface area contributed by atoms with Crippen LogP contribution < -0.4 is 21.3 Å². The Labute approximate surface area is 129 Å². The van der Waals surface area contributed by atoms with E-state index in [4.69, 9.17) is 23.1 Å². The van der Waals surface area contributed by atoms with Crippen molar-refractivity contribution in [3.05, 3.63) is 47.5 Å². The molecule has 0 radical (unpaired) electrons. The van der Waals surface area contributed by atoms with E-state index in [1.54, 1.807) is 0 Å². The van der Waals surface area contributed by atoms with Crippen LogP contribution >= 0.6 is 11.6 Å². The number of nitrogens with zero attached hydrogens (tertiary/aromatic N) is 2. The molecule has 1 fully saturated rings. The predicted molar refractivity (Wildman–Crippen MR) is 91.1 cm³/mol. The Hall–Kier alpha value is -2.07. The predicted octanol–water partition coefficient (Wildman–Crippen LogP) is 2.83. The molecular formula is C16H19ClN4. The monoisotopic (exact) mass is 302 g/mol. The molecule has 0 amide bonds. The van der Waals surface area contributed by atoms with E-state index in [2.05, 4.69) is 15.9 Å². The van der Waals surface area contributed by atoms with Gasteiger partial charge in [0.2, 0.25) is 0 Å². The molecule has 0 atom stereocenters. The normalized spacial score (nSPS) is 15.3. The summed E-state index contributed by atoms with van der Waals surface area (Å²) in [5, 5.41) is 0.808. The van der Waals surface area contributed by atoms with Crippen LogP contribution in [0.25, 0.3) is 0 Å². The van der Waals surface area contributed by atoms with Crippen LogP contribution in [0, 0.1) is 0 Å². The highest BCUT2D eigenvalue weighted by atomic mass is 35.5. The third-order valence-corrected chi connectivity index (χ3v) is 4.23. The molecule has 0 unspecified atom stereocenters. The average molecular weight is 303 g/mol. The largest absolute Gasteiger partial charge is 0.397 e. The highest BCUT2D eigenvalue weighted by Crippen LogP contribution is 2.28. The number of hydrogen-bond donors (Lipinski definition) is 2. The summed E-state index contributed by atoms with van der Waals surface area (Å²) in [6, 6.07) is 13.8. The minimum absolute atomic E-state index is 0.633. The molecule has 1 saturated heterocycles. The lowest BCUT2D eigenvalue weighted by Crippen LogP contribution is -2.46. The number of rotatable bonds is 2. The molecule has 110 valence electrons. The molecule has 0 aromatic heterocycles. The van der Waals surface area contributed by atoms with Crippen LogP contribution in [0.1, 0.15) is 0 Å². The molecule has 3 rings (SSSR count). The molecule has 1 aliphatic heterocycles. The van der Waals surface area contributed by atoms with Crippen molar-refractivity contribution in [3.8, 4) is 0 Å². The van der Waals surface area contributed by atoms with Crippen molar-refractivity contribution >= 4 is 34.4 Å². The van der Waals surface area contributed by atoms with E-state index >= 15 is 0 Å². The number of halogens is 1. The Morgan fingerprint density at radius 2 is 1.48 bits per heavy atom. The van der Waals surface area contributed by atoms with Gasteiger partial charge in [-0.3, -0.25) is 0 Å². The molecule has 0 saturated carbocycles. The summed E-state index contributed by atoms with van der Waals surface area (Å²) < 4.78 is 0. The van der Waals surface area contributed by atoms with E-state index in [0.29, 0.717) is 11.4 Å². The molecule has 0 aliphatic carbocycles. The van der Waals surface area contributed by atoms with Crippen molar-refractivity contribution in [2.24, 2.45) is 0 Å². The van der Waals surface area contributed by atoms with Crippen LogP contribution in [0.15, 0.2) is 42.5 Å². The van der Waals surface area contributed by atoms with Gasteiger partial charge in [-0.15, -0.1) is 0 Å². The van der Waals surface area contributed by atoms with E-state index in [9.17, 15) is 0 Å². The lowest BCUT2D eigenvalue weighted by molar-refractivity contribution is 0.654. The van der Waals surface area contributed by atoms with Gasteiger partial charge < -0.3 is 21.3 Å². The number of piperazine rings is 1. The van der Waals surface area contributed by atoms with Gasteiger partial charge in [-0.05, 0) is 30.3 Å². The zero-order valence-corrected chi connectivity index (χ0v) is 12.6. The van der Waals surface area contributed by atoms with Crippen LogP contribution in [0.4, 0.5) is 22.7 Å². The van der Waals surface area contributed by atoms with E-state index < -0.39 is 0 Å². The smallest absolute Gasteiger partial charge is 0.0639 e. The third-order valence-electron chi connectivity index (χ3n) is 3.91. The summed E-state index contributed by atoms with van der Waals surface area (Å²) in [6.45, 7) is 3.76. The molecular weight excluding hydrogens is 284 g/mol. The number of anilines is 4. The fourth-order valence-corrected chi connectivity index (χ4v) is 2.93. The van der Waals surface area contributed by atoms with Crippen LogP contribution in [0.5, 0.6) is 0 Å². The number of hydrogen-bond acceptors (Lipinski definition) is 4. The van der Waals surface area contributed by atoms with Crippen LogP contribution in [-0.2, 0) is 0 Å². The summed E-state index contributed by atoms with van der Waals surface area (Å²) in [5.74, 6) is 0. The molecule has 0 bridgehead atoms. The summed E-state index contributed by atoms with van der Waals surface area (Å²) in [4.78, 5) is 4.64. The molecule has 5 heteroatoms. The summed E-state index contributed by atoms with van der Waals surface area (Å²) in [6.07, 6.45) is 0.